The summed E-state index contributed by atoms with van der Waals surface area (Å²) in [5, 5.41) is 15.4. The third-order valence-electron chi connectivity index (χ3n) is 5.18. The summed E-state index contributed by atoms with van der Waals surface area (Å²) in [6.45, 7) is -0.159. The number of nitrogens with one attached hydrogen (secondary N) is 2. The molecule has 160 valence electrons. The molecule has 0 bridgehead atoms. The van der Waals surface area contributed by atoms with Gasteiger partial charge in [-0.25, -0.2) is 4.39 Å². The number of rotatable bonds is 4. The summed E-state index contributed by atoms with van der Waals surface area (Å²) < 4.78 is 20.4. The fraction of sp³-hybridized carbons (Fsp3) is 0.238. The van der Waals surface area contributed by atoms with Crippen molar-refractivity contribution in [3.05, 3.63) is 63.3 Å². The normalized spacial score (nSPS) is 14.7. The van der Waals surface area contributed by atoms with Crippen LogP contribution in [0, 0.1) is 5.82 Å². The number of benzene rings is 1. The maximum atomic E-state index is 13.3. The molecule has 0 aliphatic carbocycles. The van der Waals surface area contributed by atoms with Crippen molar-refractivity contribution in [3.63, 3.8) is 0 Å². The maximum Gasteiger partial charge on any atom is 0.268 e. The van der Waals surface area contributed by atoms with Crippen LogP contribution < -0.4 is 20.9 Å². The minimum absolute atomic E-state index is 0.00594. The van der Waals surface area contributed by atoms with Crippen molar-refractivity contribution in [2.24, 2.45) is 0 Å². The smallest absolute Gasteiger partial charge is 0.268 e. The minimum atomic E-state index is -1.03. The highest BCUT2D eigenvalue weighted by Crippen LogP contribution is 2.37. The lowest BCUT2D eigenvalue weighted by Gasteiger charge is -2.28. The summed E-state index contributed by atoms with van der Waals surface area (Å²) in [5.74, 6) is -1.96. The van der Waals surface area contributed by atoms with Crippen LogP contribution in [-0.2, 0) is 17.8 Å². The van der Waals surface area contributed by atoms with Crippen LogP contribution in [0.4, 0.5) is 4.39 Å². The molecule has 0 unspecified atom stereocenters. The van der Waals surface area contributed by atoms with E-state index in [1.54, 1.807) is 12.1 Å². The molecular weight excluding hydrogens is 407 g/mol. The van der Waals surface area contributed by atoms with Gasteiger partial charge in [0.1, 0.15) is 22.4 Å². The minimum Gasteiger partial charge on any atom is -0.505 e. The Labute approximate surface area is 175 Å². The lowest BCUT2D eigenvalue weighted by atomic mass is 10.0. The maximum absolute atomic E-state index is 13.3. The second kappa shape index (κ2) is 7.71. The molecule has 3 heterocycles. The number of carbonyl (C=O) groups is 2. The van der Waals surface area contributed by atoms with Crippen molar-refractivity contribution in [2.75, 3.05) is 14.1 Å². The van der Waals surface area contributed by atoms with Crippen LogP contribution in [-0.4, -0.2) is 46.7 Å². The van der Waals surface area contributed by atoms with Crippen molar-refractivity contribution in [3.8, 4) is 11.5 Å². The van der Waals surface area contributed by atoms with Gasteiger partial charge in [0.2, 0.25) is 0 Å². The van der Waals surface area contributed by atoms with Crippen LogP contribution in [0.2, 0.25) is 0 Å². The number of halogens is 1. The van der Waals surface area contributed by atoms with E-state index >= 15 is 0 Å². The number of carbonyl (C=O) groups excluding carboxylic acids is 2. The number of hydrogen-bond donors (Lipinski definition) is 3. The third-order valence-corrected chi connectivity index (χ3v) is 5.18. The molecule has 3 aromatic rings. The number of ether oxygens (including phenoxy) is 1. The molecule has 1 aliphatic heterocycles. The van der Waals surface area contributed by atoms with Gasteiger partial charge in [0.15, 0.2) is 17.6 Å². The number of amides is 2. The lowest BCUT2D eigenvalue weighted by molar-refractivity contribution is -0.128. The first-order chi connectivity index (χ1) is 14.8. The van der Waals surface area contributed by atoms with Crippen LogP contribution in [0.5, 0.6) is 11.5 Å². The molecule has 0 spiro atoms. The van der Waals surface area contributed by atoms with Crippen LogP contribution in [0.3, 0.4) is 0 Å². The van der Waals surface area contributed by atoms with Crippen molar-refractivity contribution in [1.82, 2.24) is 20.2 Å². The highest BCUT2D eigenvalue weighted by atomic mass is 19.1. The zero-order chi connectivity index (χ0) is 22.3. The second-order valence-electron chi connectivity index (χ2n) is 7.05. The molecule has 31 heavy (non-hydrogen) atoms. The van der Waals surface area contributed by atoms with E-state index in [2.05, 4.69) is 15.6 Å². The van der Waals surface area contributed by atoms with Crippen LogP contribution in [0.25, 0.3) is 11.0 Å². The summed E-state index contributed by atoms with van der Waals surface area (Å²) in [4.78, 5) is 41.9. The van der Waals surface area contributed by atoms with Gasteiger partial charge in [-0.2, -0.15) is 0 Å². The van der Waals surface area contributed by atoms with E-state index in [0.717, 1.165) is 5.56 Å². The molecule has 9 nitrogen and oxygen atoms in total. The summed E-state index contributed by atoms with van der Waals surface area (Å²) >= 11 is 0. The largest absolute Gasteiger partial charge is 0.505 e. The van der Waals surface area contributed by atoms with Gasteiger partial charge in [0, 0.05) is 32.3 Å². The highest BCUT2D eigenvalue weighted by molar-refractivity contribution is 6.02. The molecule has 0 saturated carbocycles. The SMILES string of the molecule is CNC(=O)c1c(O)c2ncc(Cc3ccc(F)cc3)c3c2n(c1=O)C[C@@H](C(=O)NC)O3. The predicted molar refractivity (Wildman–Crippen MR) is 109 cm³/mol. The van der Waals surface area contributed by atoms with Gasteiger partial charge in [0.05, 0.1) is 6.54 Å². The molecule has 3 N–H and O–H groups in total. The fourth-order valence-corrected chi connectivity index (χ4v) is 3.63. The Hall–Kier alpha value is -3.95. The number of aromatic hydroxyl groups is 1. The summed E-state index contributed by atoms with van der Waals surface area (Å²) in [6.07, 6.45) is 0.690. The third kappa shape index (κ3) is 3.35. The van der Waals surface area contributed by atoms with E-state index < -0.39 is 34.8 Å². The van der Waals surface area contributed by atoms with E-state index in [1.807, 2.05) is 0 Å². The molecule has 0 radical (unpaired) electrons. The van der Waals surface area contributed by atoms with E-state index in [1.165, 1.54) is 37.0 Å². The van der Waals surface area contributed by atoms with Crippen LogP contribution in [0.15, 0.2) is 35.3 Å². The Morgan fingerprint density at radius 3 is 2.61 bits per heavy atom. The van der Waals surface area contributed by atoms with E-state index in [4.69, 9.17) is 4.74 Å². The summed E-state index contributed by atoms with van der Waals surface area (Å²) in [6, 6.07) is 5.84. The Balaban J connectivity index is 1.97. The van der Waals surface area contributed by atoms with Gasteiger partial charge in [-0.3, -0.25) is 23.9 Å². The zero-order valence-electron chi connectivity index (χ0n) is 16.7. The lowest BCUT2D eigenvalue weighted by Crippen LogP contribution is -2.45. The molecule has 10 heteroatoms. The fourth-order valence-electron chi connectivity index (χ4n) is 3.63. The Morgan fingerprint density at radius 1 is 1.26 bits per heavy atom. The first-order valence-electron chi connectivity index (χ1n) is 9.47. The zero-order valence-corrected chi connectivity index (χ0v) is 16.7. The highest BCUT2D eigenvalue weighted by Gasteiger charge is 2.33. The first-order valence-corrected chi connectivity index (χ1v) is 9.47. The van der Waals surface area contributed by atoms with Crippen molar-refractivity contribution in [1.29, 1.82) is 0 Å². The molecule has 1 aliphatic rings. The monoisotopic (exact) mass is 426 g/mol. The average Bonchev–Trinajstić information content (AvgIpc) is 2.78. The molecular formula is C21H19FN4O5. The van der Waals surface area contributed by atoms with Crippen molar-refractivity contribution < 1.29 is 23.8 Å². The van der Waals surface area contributed by atoms with Gasteiger partial charge < -0.3 is 20.5 Å². The van der Waals surface area contributed by atoms with E-state index in [-0.39, 0.29) is 35.6 Å². The van der Waals surface area contributed by atoms with Crippen molar-refractivity contribution in [2.45, 2.75) is 19.1 Å². The molecule has 0 fully saturated rings. The van der Waals surface area contributed by atoms with Gasteiger partial charge in [-0.15, -0.1) is 0 Å². The van der Waals surface area contributed by atoms with E-state index in [0.29, 0.717) is 5.56 Å². The summed E-state index contributed by atoms with van der Waals surface area (Å²) in [5.41, 5.74) is 0.264. The van der Waals surface area contributed by atoms with Crippen molar-refractivity contribution >= 4 is 22.8 Å². The first kappa shape index (κ1) is 20.3. The second-order valence-corrected chi connectivity index (χ2v) is 7.05. The molecule has 2 aromatic heterocycles. The molecule has 0 saturated heterocycles. The van der Waals surface area contributed by atoms with Crippen LogP contribution >= 0.6 is 0 Å². The Morgan fingerprint density at radius 2 is 1.97 bits per heavy atom. The molecule has 4 rings (SSSR count). The van der Waals surface area contributed by atoms with Gasteiger partial charge in [0.25, 0.3) is 17.4 Å². The number of pyridine rings is 2. The Bertz CT molecular complexity index is 1270. The Kier molecular flexibility index (Phi) is 5.05. The number of hydrogen-bond acceptors (Lipinski definition) is 6. The molecule has 2 amide bonds. The van der Waals surface area contributed by atoms with Gasteiger partial charge >= 0.3 is 0 Å². The van der Waals surface area contributed by atoms with Crippen LogP contribution in [0.1, 0.15) is 21.5 Å². The average molecular weight is 426 g/mol. The summed E-state index contributed by atoms with van der Waals surface area (Å²) in [7, 11) is 2.78. The standard InChI is InChI=1S/C21H19FN4O5/c1-23-19(28)13-9-26-16-15(17(27)14(21(26)30)20(29)24-2)25-8-11(18(16)31-13)7-10-3-5-12(22)6-4-10/h3-6,8,13,27H,7,9H2,1-2H3,(H,23,28)(H,24,29)/t13-/m0/s1. The van der Waals surface area contributed by atoms with E-state index in [9.17, 15) is 23.9 Å². The van der Waals surface area contributed by atoms with Gasteiger partial charge in [-0.05, 0) is 17.7 Å². The number of nitrogens with zero attached hydrogens (tertiary/aromatic N) is 2. The number of likely N-dealkylation sites (N-methyl/N-ethyl adjacent to an activating group) is 1. The molecule has 1 aromatic carbocycles. The predicted octanol–water partition coefficient (Wildman–Crippen LogP) is 0.699. The number of aromatic nitrogens is 2. The topological polar surface area (TPSA) is 123 Å². The molecule has 1 atom stereocenters. The van der Waals surface area contributed by atoms with Gasteiger partial charge in [-0.1, -0.05) is 12.1 Å². The quantitative estimate of drug-likeness (QED) is 0.565.